The Balaban J connectivity index is 1.57. The summed E-state index contributed by atoms with van der Waals surface area (Å²) < 4.78 is 2.02. The lowest BCUT2D eigenvalue weighted by molar-refractivity contribution is 0.0729. The molecule has 2 fully saturated rings. The van der Waals surface area contributed by atoms with Crippen LogP contribution in [0.15, 0.2) is 36.7 Å². The van der Waals surface area contributed by atoms with Crippen LogP contribution in [0.4, 0.5) is 0 Å². The fourth-order valence-corrected chi connectivity index (χ4v) is 3.27. The van der Waals surface area contributed by atoms with Crippen molar-refractivity contribution in [3.63, 3.8) is 0 Å². The first-order chi connectivity index (χ1) is 10.3. The van der Waals surface area contributed by atoms with E-state index in [1.165, 1.54) is 12.8 Å². The van der Waals surface area contributed by atoms with E-state index in [-0.39, 0.29) is 5.91 Å². The zero-order chi connectivity index (χ0) is 14.2. The molecule has 1 aliphatic carbocycles. The van der Waals surface area contributed by atoms with E-state index in [4.69, 9.17) is 0 Å². The van der Waals surface area contributed by atoms with Crippen LogP contribution in [0.25, 0.3) is 5.52 Å². The Morgan fingerprint density at radius 1 is 1.33 bits per heavy atom. The van der Waals surface area contributed by atoms with Gasteiger partial charge in [0, 0.05) is 36.5 Å². The number of nitrogens with zero attached hydrogens (tertiary/aromatic N) is 2. The molecule has 1 unspecified atom stereocenters. The first kappa shape index (κ1) is 12.9. The Labute approximate surface area is 124 Å². The van der Waals surface area contributed by atoms with Crippen molar-refractivity contribution >= 4 is 11.4 Å². The van der Waals surface area contributed by atoms with Crippen molar-refractivity contribution < 1.29 is 4.79 Å². The van der Waals surface area contributed by atoms with Crippen molar-refractivity contribution in [2.75, 3.05) is 13.1 Å². The highest BCUT2D eigenvalue weighted by Crippen LogP contribution is 2.29. The van der Waals surface area contributed by atoms with Gasteiger partial charge in [-0.05, 0) is 50.4 Å². The van der Waals surface area contributed by atoms with Gasteiger partial charge in [0.2, 0.25) is 0 Å². The van der Waals surface area contributed by atoms with Crippen LogP contribution in [0.5, 0.6) is 0 Å². The second-order valence-corrected chi connectivity index (χ2v) is 6.24. The summed E-state index contributed by atoms with van der Waals surface area (Å²) in [5.74, 6) is 0.190. The molecule has 0 bridgehead atoms. The SMILES string of the molecule is O=C(c1cc2ccccn2c1)N(CC1CCCN1)C1CC1. The Kier molecular flexibility index (Phi) is 3.19. The summed E-state index contributed by atoms with van der Waals surface area (Å²) in [4.78, 5) is 15.0. The van der Waals surface area contributed by atoms with Crippen LogP contribution in [-0.4, -0.2) is 40.4 Å². The van der Waals surface area contributed by atoms with Crippen molar-refractivity contribution in [1.29, 1.82) is 0 Å². The number of rotatable bonds is 4. The van der Waals surface area contributed by atoms with Gasteiger partial charge in [0.15, 0.2) is 0 Å². The number of carbonyl (C=O) groups excluding carboxylic acids is 1. The van der Waals surface area contributed by atoms with Crippen molar-refractivity contribution in [3.8, 4) is 0 Å². The average Bonchev–Trinajstić information content (AvgIpc) is 3.04. The molecule has 3 heterocycles. The Hall–Kier alpha value is -1.81. The summed E-state index contributed by atoms with van der Waals surface area (Å²) in [5, 5.41) is 3.50. The maximum absolute atomic E-state index is 12.9. The minimum absolute atomic E-state index is 0.190. The molecule has 1 saturated heterocycles. The topological polar surface area (TPSA) is 36.8 Å². The standard InChI is InChI=1S/C17H21N3O/c21-17(13-10-16-5-1-2-9-19(16)11-13)20(15-6-7-15)12-14-4-3-8-18-14/h1-2,5,9-11,14-15,18H,3-4,6-8,12H2. The number of nitrogens with one attached hydrogen (secondary N) is 1. The third kappa shape index (κ3) is 2.56. The highest BCUT2D eigenvalue weighted by Gasteiger charge is 2.35. The number of hydrogen-bond donors (Lipinski definition) is 1. The molecule has 1 aliphatic heterocycles. The molecule has 0 spiro atoms. The maximum atomic E-state index is 12.9. The summed E-state index contributed by atoms with van der Waals surface area (Å²) in [6.07, 6.45) is 8.68. The third-order valence-corrected chi connectivity index (χ3v) is 4.58. The molecular formula is C17H21N3O. The second-order valence-electron chi connectivity index (χ2n) is 6.24. The van der Waals surface area contributed by atoms with E-state index in [1.54, 1.807) is 0 Å². The summed E-state index contributed by atoms with van der Waals surface area (Å²) in [6, 6.07) is 8.97. The molecule has 1 atom stereocenters. The zero-order valence-corrected chi connectivity index (χ0v) is 12.2. The fraction of sp³-hybridized carbons (Fsp3) is 0.471. The summed E-state index contributed by atoms with van der Waals surface area (Å²) >= 11 is 0. The Bertz CT molecular complexity index is 620. The van der Waals surface area contributed by atoms with E-state index in [1.807, 2.05) is 41.1 Å². The van der Waals surface area contributed by atoms with Crippen LogP contribution in [-0.2, 0) is 0 Å². The lowest BCUT2D eigenvalue weighted by Gasteiger charge is -2.25. The first-order valence-corrected chi connectivity index (χ1v) is 7.92. The van der Waals surface area contributed by atoms with Gasteiger partial charge in [0.25, 0.3) is 5.91 Å². The minimum atomic E-state index is 0.190. The highest BCUT2D eigenvalue weighted by molar-refractivity contribution is 5.96. The molecule has 2 aliphatic rings. The van der Waals surface area contributed by atoms with Gasteiger partial charge in [-0.3, -0.25) is 4.79 Å². The van der Waals surface area contributed by atoms with Crippen LogP contribution < -0.4 is 5.32 Å². The van der Waals surface area contributed by atoms with Gasteiger partial charge in [-0.2, -0.15) is 0 Å². The molecule has 4 heteroatoms. The lowest BCUT2D eigenvalue weighted by Crippen LogP contribution is -2.42. The van der Waals surface area contributed by atoms with E-state index in [9.17, 15) is 4.79 Å². The normalized spacial score (nSPS) is 21.8. The van der Waals surface area contributed by atoms with Gasteiger partial charge in [0.05, 0.1) is 5.56 Å². The summed E-state index contributed by atoms with van der Waals surface area (Å²) in [6.45, 7) is 1.95. The molecule has 21 heavy (non-hydrogen) atoms. The van der Waals surface area contributed by atoms with E-state index in [0.717, 1.165) is 37.0 Å². The van der Waals surface area contributed by atoms with Crippen LogP contribution in [0.3, 0.4) is 0 Å². The number of hydrogen-bond acceptors (Lipinski definition) is 2. The second kappa shape index (κ2) is 5.19. The molecule has 4 nitrogen and oxygen atoms in total. The Morgan fingerprint density at radius 3 is 2.95 bits per heavy atom. The first-order valence-electron chi connectivity index (χ1n) is 7.92. The predicted octanol–water partition coefficient (Wildman–Crippen LogP) is 2.30. The van der Waals surface area contributed by atoms with Crippen molar-refractivity contribution in [3.05, 3.63) is 42.2 Å². The number of fused-ring (bicyclic) bond motifs is 1. The van der Waals surface area contributed by atoms with Gasteiger partial charge in [-0.1, -0.05) is 6.07 Å². The van der Waals surface area contributed by atoms with Crippen LogP contribution in [0.1, 0.15) is 36.0 Å². The average molecular weight is 283 g/mol. The number of aromatic nitrogens is 1. The molecule has 0 radical (unpaired) electrons. The van der Waals surface area contributed by atoms with Crippen molar-refractivity contribution in [2.45, 2.75) is 37.8 Å². The van der Waals surface area contributed by atoms with Gasteiger partial charge < -0.3 is 14.6 Å². The fourth-order valence-electron chi connectivity index (χ4n) is 3.27. The van der Waals surface area contributed by atoms with Gasteiger partial charge in [-0.15, -0.1) is 0 Å². The van der Waals surface area contributed by atoms with Crippen LogP contribution >= 0.6 is 0 Å². The minimum Gasteiger partial charge on any atom is -0.334 e. The summed E-state index contributed by atoms with van der Waals surface area (Å²) in [5.41, 5.74) is 1.89. The molecule has 4 rings (SSSR count). The van der Waals surface area contributed by atoms with E-state index < -0.39 is 0 Å². The van der Waals surface area contributed by atoms with E-state index >= 15 is 0 Å². The lowest BCUT2D eigenvalue weighted by atomic mass is 10.2. The van der Waals surface area contributed by atoms with Gasteiger partial charge in [-0.25, -0.2) is 0 Å². The third-order valence-electron chi connectivity index (χ3n) is 4.58. The highest BCUT2D eigenvalue weighted by atomic mass is 16.2. The van der Waals surface area contributed by atoms with Crippen molar-refractivity contribution in [1.82, 2.24) is 14.6 Å². The molecule has 2 aromatic rings. The quantitative estimate of drug-likeness (QED) is 0.934. The van der Waals surface area contributed by atoms with Crippen LogP contribution in [0, 0.1) is 0 Å². The molecule has 2 aromatic heterocycles. The monoisotopic (exact) mass is 283 g/mol. The molecular weight excluding hydrogens is 262 g/mol. The van der Waals surface area contributed by atoms with Crippen molar-refractivity contribution in [2.24, 2.45) is 0 Å². The zero-order valence-electron chi connectivity index (χ0n) is 12.2. The molecule has 1 N–H and O–H groups in total. The van der Waals surface area contributed by atoms with Crippen LogP contribution in [0.2, 0.25) is 0 Å². The van der Waals surface area contributed by atoms with Gasteiger partial charge in [0.1, 0.15) is 0 Å². The molecule has 0 aromatic carbocycles. The largest absolute Gasteiger partial charge is 0.334 e. The number of amides is 1. The molecule has 1 saturated carbocycles. The van der Waals surface area contributed by atoms with E-state index in [2.05, 4.69) is 10.2 Å². The van der Waals surface area contributed by atoms with E-state index in [0.29, 0.717) is 12.1 Å². The Morgan fingerprint density at radius 2 is 2.24 bits per heavy atom. The smallest absolute Gasteiger partial charge is 0.255 e. The number of carbonyl (C=O) groups is 1. The maximum Gasteiger partial charge on any atom is 0.255 e. The predicted molar refractivity (Wildman–Crippen MR) is 82.5 cm³/mol. The molecule has 110 valence electrons. The molecule has 1 amide bonds. The van der Waals surface area contributed by atoms with Gasteiger partial charge >= 0.3 is 0 Å². The summed E-state index contributed by atoms with van der Waals surface area (Å²) in [7, 11) is 0. The number of pyridine rings is 1.